The predicted molar refractivity (Wildman–Crippen MR) is 206 cm³/mol. The quantitative estimate of drug-likeness (QED) is 0.190. The molecule has 0 radical (unpaired) electrons. The Hall–Kier alpha value is -6.58. The Morgan fingerprint density at radius 2 is 1.02 bits per heavy atom. The molecule has 10 rings (SSSR count). The number of furan rings is 1. The van der Waals surface area contributed by atoms with E-state index in [0.29, 0.717) is 0 Å². The van der Waals surface area contributed by atoms with Crippen LogP contribution in [0.2, 0.25) is 0 Å². The summed E-state index contributed by atoms with van der Waals surface area (Å²) in [7, 11) is 0. The first-order chi connectivity index (χ1) is 24.3. The normalized spacial score (nSPS) is 11.7. The van der Waals surface area contributed by atoms with Crippen LogP contribution in [0, 0.1) is 0 Å². The largest absolute Gasteiger partial charge is 0.456 e. The third-order valence-corrected chi connectivity index (χ3v) is 9.76. The summed E-state index contributed by atoms with van der Waals surface area (Å²) in [5.74, 6) is 0. The second kappa shape index (κ2) is 11.0. The fourth-order valence-corrected chi connectivity index (χ4v) is 7.49. The van der Waals surface area contributed by atoms with Crippen molar-refractivity contribution in [3.05, 3.63) is 182 Å². The minimum Gasteiger partial charge on any atom is -0.456 e. The van der Waals surface area contributed by atoms with Gasteiger partial charge in [0.05, 0.1) is 22.1 Å². The van der Waals surface area contributed by atoms with Crippen LogP contribution in [-0.4, -0.2) is 4.57 Å². The van der Waals surface area contributed by atoms with Crippen molar-refractivity contribution >= 4 is 71.6 Å². The highest BCUT2D eigenvalue weighted by Crippen LogP contribution is 2.44. The molecule has 3 heteroatoms. The van der Waals surface area contributed by atoms with Crippen LogP contribution in [0.3, 0.4) is 0 Å². The molecule has 0 N–H and O–H groups in total. The van der Waals surface area contributed by atoms with Crippen LogP contribution in [0.15, 0.2) is 186 Å². The Morgan fingerprint density at radius 3 is 1.82 bits per heavy atom. The maximum absolute atomic E-state index is 6.34. The second-order valence-electron chi connectivity index (χ2n) is 12.6. The molecule has 0 amide bonds. The lowest BCUT2D eigenvalue weighted by Crippen LogP contribution is -2.10. The molecule has 230 valence electrons. The number of nitrogens with zero attached hydrogens (tertiary/aromatic N) is 2. The van der Waals surface area contributed by atoms with Gasteiger partial charge in [-0.2, -0.15) is 0 Å². The molecule has 2 aromatic heterocycles. The summed E-state index contributed by atoms with van der Waals surface area (Å²) < 4.78 is 8.74. The first-order valence-corrected chi connectivity index (χ1v) is 16.7. The summed E-state index contributed by atoms with van der Waals surface area (Å²) in [6.07, 6.45) is 0. The third kappa shape index (κ3) is 4.44. The Balaban J connectivity index is 1.16. The van der Waals surface area contributed by atoms with Crippen LogP contribution in [0.25, 0.3) is 71.3 Å². The molecule has 0 aliphatic rings. The van der Waals surface area contributed by atoms with Crippen molar-refractivity contribution in [3.8, 4) is 16.8 Å². The van der Waals surface area contributed by atoms with Gasteiger partial charge < -0.3 is 13.9 Å². The van der Waals surface area contributed by atoms with E-state index < -0.39 is 0 Å². The molecule has 0 saturated heterocycles. The number of benzene rings is 8. The summed E-state index contributed by atoms with van der Waals surface area (Å²) in [5.41, 5.74) is 10.9. The standard InChI is InChI=1S/C46H30N2O/c1-2-11-31(12-3-1)32-21-23-35(24-22-32)47(42-18-10-20-45-46(42)39-16-7-9-19-44(39)49-45)36-25-27-37(28-26-36)48-41-17-8-6-15-38(41)40-29-33-13-4-5-14-34(33)30-43(40)48/h1-30H. The molecule has 0 fully saturated rings. The van der Waals surface area contributed by atoms with E-state index in [1.165, 1.54) is 43.7 Å². The number of rotatable bonds is 5. The average Bonchev–Trinajstić information content (AvgIpc) is 3.71. The van der Waals surface area contributed by atoms with Gasteiger partial charge in [0.15, 0.2) is 0 Å². The maximum atomic E-state index is 6.34. The van der Waals surface area contributed by atoms with E-state index in [0.717, 1.165) is 44.7 Å². The zero-order chi connectivity index (χ0) is 32.3. The van der Waals surface area contributed by atoms with Gasteiger partial charge in [-0.1, -0.05) is 109 Å². The van der Waals surface area contributed by atoms with Gasteiger partial charge in [-0.3, -0.25) is 0 Å². The molecule has 2 heterocycles. The lowest BCUT2D eigenvalue weighted by atomic mass is 10.0. The second-order valence-corrected chi connectivity index (χ2v) is 12.6. The zero-order valence-corrected chi connectivity index (χ0v) is 26.6. The number of hydrogen-bond donors (Lipinski definition) is 0. The monoisotopic (exact) mass is 626 g/mol. The molecule has 0 aliphatic carbocycles. The summed E-state index contributed by atoms with van der Waals surface area (Å²) in [5, 5.41) is 7.21. The van der Waals surface area contributed by atoms with Crippen molar-refractivity contribution in [3.63, 3.8) is 0 Å². The fourth-order valence-electron chi connectivity index (χ4n) is 7.49. The summed E-state index contributed by atoms with van der Waals surface area (Å²) in [4.78, 5) is 2.35. The van der Waals surface area contributed by atoms with Gasteiger partial charge in [0.2, 0.25) is 0 Å². The molecule has 8 aromatic carbocycles. The van der Waals surface area contributed by atoms with Crippen LogP contribution < -0.4 is 4.90 Å². The summed E-state index contributed by atoms with van der Waals surface area (Å²) in [6, 6.07) is 65.0. The van der Waals surface area contributed by atoms with Crippen molar-refractivity contribution in [2.75, 3.05) is 4.90 Å². The highest BCUT2D eigenvalue weighted by Gasteiger charge is 2.20. The van der Waals surface area contributed by atoms with Crippen LogP contribution in [0.5, 0.6) is 0 Å². The van der Waals surface area contributed by atoms with Crippen LogP contribution >= 0.6 is 0 Å². The minimum absolute atomic E-state index is 0.874. The van der Waals surface area contributed by atoms with E-state index >= 15 is 0 Å². The molecule has 0 spiro atoms. The number of aromatic nitrogens is 1. The molecule has 3 nitrogen and oxygen atoms in total. The van der Waals surface area contributed by atoms with E-state index in [1.54, 1.807) is 0 Å². The molecule has 0 aliphatic heterocycles. The fraction of sp³-hybridized carbons (Fsp3) is 0. The van der Waals surface area contributed by atoms with E-state index in [1.807, 2.05) is 12.1 Å². The van der Waals surface area contributed by atoms with Crippen LogP contribution in [0.1, 0.15) is 0 Å². The molecule has 0 atom stereocenters. The van der Waals surface area contributed by atoms with Crippen LogP contribution in [-0.2, 0) is 0 Å². The van der Waals surface area contributed by atoms with Gasteiger partial charge >= 0.3 is 0 Å². The van der Waals surface area contributed by atoms with Crippen molar-refractivity contribution in [2.24, 2.45) is 0 Å². The van der Waals surface area contributed by atoms with Gasteiger partial charge in [0, 0.05) is 33.2 Å². The highest BCUT2D eigenvalue weighted by atomic mass is 16.3. The Kier molecular flexibility index (Phi) is 6.18. The SMILES string of the molecule is c1ccc(-c2ccc(N(c3ccc(-n4c5ccccc5c5cc6ccccc6cc54)cc3)c3cccc4oc5ccccc5c34)cc2)cc1. The zero-order valence-electron chi connectivity index (χ0n) is 26.6. The van der Waals surface area contributed by atoms with Gasteiger partial charge in [-0.15, -0.1) is 0 Å². The Labute approximate surface area is 283 Å². The topological polar surface area (TPSA) is 21.3 Å². The molecular formula is C46H30N2O. The first kappa shape index (κ1) is 27.5. The van der Waals surface area contributed by atoms with Crippen molar-refractivity contribution in [1.29, 1.82) is 0 Å². The van der Waals surface area contributed by atoms with E-state index in [2.05, 4.69) is 179 Å². The minimum atomic E-state index is 0.874. The molecule has 0 bridgehead atoms. The number of para-hydroxylation sites is 2. The molecule has 49 heavy (non-hydrogen) atoms. The average molecular weight is 627 g/mol. The lowest BCUT2D eigenvalue weighted by Gasteiger charge is -2.27. The van der Waals surface area contributed by atoms with Crippen LogP contribution in [0.4, 0.5) is 17.1 Å². The van der Waals surface area contributed by atoms with Crippen molar-refractivity contribution in [1.82, 2.24) is 4.57 Å². The molecular weight excluding hydrogens is 597 g/mol. The van der Waals surface area contributed by atoms with E-state index in [9.17, 15) is 0 Å². The Bertz CT molecular complexity index is 2810. The number of anilines is 3. The highest BCUT2D eigenvalue weighted by molar-refractivity contribution is 6.14. The van der Waals surface area contributed by atoms with Crippen molar-refractivity contribution in [2.45, 2.75) is 0 Å². The van der Waals surface area contributed by atoms with Crippen molar-refractivity contribution < 1.29 is 4.42 Å². The lowest BCUT2D eigenvalue weighted by molar-refractivity contribution is 0.669. The van der Waals surface area contributed by atoms with E-state index in [4.69, 9.17) is 4.42 Å². The maximum Gasteiger partial charge on any atom is 0.137 e. The van der Waals surface area contributed by atoms with E-state index in [-0.39, 0.29) is 0 Å². The predicted octanol–water partition coefficient (Wildman–Crippen LogP) is 13.0. The molecule has 0 unspecified atom stereocenters. The number of fused-ring (bicyclic) bond motifs is 7. The summed E-state index contributed by atoms with van der Waals surface area (Å²) in [6.45, 7) is 0. The van der Waals surface area contributed by atoms with Gasteiger partial charge in [0.1, 0.15) is 11.2 Å². The molecule has 10 aromatic rings. The molecule has 0 saturated carbocycles. The summed E-state index contributed by atoms with van der Waals surface area (Å²) >= 11 is 0. The smallest absolute Gasteiger partial charge is 0.137 e. The number of hydrogen-bond acceptors (Lipinski definition) is 2. The first-order valence-electron chi connectivity index (χ1n) is 16.7. The van der Waals surface area contributed by atoms with Gasteiger partial charge in [0.25, 0.3) is 0 Å². The Morgan fingerprint density at radius 1 is 0.408 bits per heavy atom. The van der Waals surface area contributed by atoms with Gasteiger partial charge in [-0.05, 0) is 94.7 Å². The van der Waals surface area contributed by atoms with Gasteiger partial charge in [-0.25, -0.2) is 0 Å². The third-order valence-electron chi connectivity index (χ3n) is 9.76.